The van der Waals surface area contributed by atoms with Gasteiger partial charge < -0.3 is 11.1 Å². The van der Waals surface area contributed by atoms with Gasteiger partial charge in [0.05, 0.1) is 12.4 Å². The van der Waals surface area contributed by atoms with Gasteiger partial charge in [0.2, 0.25) is 0 Å². The van der Waals surface area contributed by atoms with Crippen molar-refractivity contribution in [2.75, 3.05) is 6.54 Å². The van der Waals surface area contributed by atoms with E-state index in [-0.39, 0.29) is 18.8 Å². The summed E-state index contributed by atoms with van der Waals surface area (Å²) in [5, 5.41) is 9.39. The number of rotatable bonds is 5. The standard InChI is InChI=1S/C10H19F2N3/c1-7(13)15-6-9(12)8(11)4-5-10(2,3)14/h4-6,14H2,1-3H3,(H2,13,15)/b9-8-. The van der Waals surface area contributed by atoms with Crippen molar-refractivity contribution >= 4 is 5.84 Å². The van der Waals surface area contributed by atoms with E-state index in [1.54, 1.807) is 13.8 Å². The van der Waals surface area contributed by atoms with Gasteiger partial charge in [-0.1, -0.05) is 0 Å². The summed E-state index contributed by atoms with van der Waals surface area (Å²) in [6, 6.07) is 0. The highest BCUT2D eigenvalue weighted by Gasteiger charge is 2.14. The quantitative estimate of drug-likeness (QED) is 0.490. The van der Waals surface area contributed by atoms with Crippen LogP contribution in [0.3, 0.4) is 0 Å². The second kappa shape index (κ2) is 5.80. The number of nitrogens with two attached hydrogens (primary N) is 1. The molecule has 0 heterocycles. The van der Waals surface area contributed by atoms with Crippen LogP contribution in [0.25, 0.3) is 0 Å². The fourth-order valence-corrected chi connectivity index (χ4v) is 0.874. The maximum atomic E-state index is 13.1. The molecule has 0 aromatic rings. The maximum Gasteiger partial charge on any atom is 0.150 e. The Kier molecular flexibility index (Phi) is 5.43. The second-order valence-electron chi connectivity index (χ2n) is 4.28. The summed E-state index contributed by atoms with van der Waals surface area (Å²) in [6.45, 7) is 4.72. The molecule has 0 radical (unpaired) electrons. The summed E-state index contributed by atoms with van der Waals surface area (Å²) in [6.07, 6.45) is 0.379. The van der Waals surface area contributed by atoms with E-state index < -0.39 is 17.2 Å². The average molecular weight is 219 g/mol. The molecule has 0 aromatic heterocycles. The first-order chi connectivity index (χ1) is 6.72. The van der Waals surface area contributed by atoms with E-state index in [2.05, 4.69) is 5.32 Å². The van der Waals surface area contributed by atoms with Crippen LogP contribution < -0.4 is 11.1 Å². The van der Waals surface area contributed by atoms with Crippen molar-refractivity contribution in [3.63, 3.8) is 0 Å². The van der Waals surface area contributed by atoms with E-state index in [0.29, 0.717) is 6.42 Å². The maximum absolute atomic E-state index is 13.1. The highest BCUT2D eigenvalue weighted by atomic mass is 19.2. The molecule has 0 rings (SSSR count). The lowest BCUT2D eigenvalue weighted by atomic mass is 9.99. The SMILES string of the molecule is CC(=N)NC/C(F)=C(/F)CCC(C)(C)N. The molecule has 0 amide bonds. The van der Waals surface area contributed by atoms with Crippen LogP contribution in [0.15, 0.2) is 11.7 Å². The Labute approximate surface area is 89.2 Å². The minimum Gasteiger partial charge on any atom is -0.368 e. The number of allylic oxidation sites excluding steroid dienone is 1. The Morgan fingerprint density at radius 1 is 1.33 bits per heavy atom. The van der Waals surface area contributed by atoms with E-state index in [9.17, 15) is 8.78 Å². The van der Waals surface area contributed by atoms with Gasteiger partial charge in [-0.3, -0.25) is 5.41 Å². The summed E-state index contributed by atoms with van der Waals surface area (Å²) in [7, 11) is 0. The van der Waals surface area contributed by atoms with Crippen molar-refractivity contribution in [3.8, 4) is 0 Å². The van der Waals surface area contributed by atoms with E-state index >= 15 is 0 Å². The van der Waals surface area contributed by atoms with Crippen LogP contribution in [0.2, 0.25) is 0 Å². The third kappa shape index (κ3) is 8.05. The Balaban J connectivity index is 4.09. The van der Waals surface area contributed by atoms with Gasteiger partial charge in [0.15, 0.2) is 5.83 Å². The molecular weight excluding hydrogens is 200 g/mol. The Hall–Kier alpha value is -0.970. The molecule has 3 nitrogen and oxygen atoms in total. The largest absolute Gasteiger partial charge is 0.368 e. The van der Waals surface area contributed by atoms with Crippen LogP contribution in [0.1, 0.15) is 33.6 Å². The van der Waals surface area contributed by atoms with Gasteiger partial charge in [0.1, 0.15) is 5.83 Å². The van der Waals surface area contributed by atoms with Gasteiger partial charge in [-0.25, -0.2) is 8.78 Å². The van der Waals surface area contributed by atoms with Gasteiger partial charge in [0.25, 0.3) is 0 Å². The fraction of sp³-hybridized carbons (Fsp3) is 0.700. The highest BCUT2D eigenvalue weighted by Crippen LogP contribution is 2.18. The first-order valence-corrected chi connectivity index (χ1v) is 4.83. The van der Waals surface area contributed by atoms with E-state index in [1.165, 1.54) is 6.92 Å². The van der Waals surface area contributed by atoms with Crippen LogP contribution >= 0.6 is 0 Å². The second-order valence-corrected chi connectivity index (χ2v) is 4.28. The summed E-state index contributed by atoms with van der Waals surface area (Å²) in [5.74, 6) is -1.54. The molecule has 0 aromatic carbocycles. The average Bonchev–Trinajstić information content (AvgIpc) is 2.08. The zero-order valence-electron chi connectivity index (χ0n) is 9.45. The lowest BCUT2D eigenvalue weighted by Gasteiger charge is -2.17. The van der Waals surface area contributed by atoms with Crippen molar-refractivity contribution in [2.45, 2.75) is 39.2 Å². The molecule has 0 aliphatic heterocycles. The molecule has 0 unspecified atom stereocenters. The molecular formula is C10H19F2N3. The molecule has 0 bridgehead atoms. The van der Waals surface area contributed by atoms with Crippen LogP contribution in [-0.2, 0) is 0 Å². The molecule has 0 fully saturated rings. The lowest BCUT2D eigenvalue weighted by molar-refractivity contribution is 0.425. The summed E-state index contributed by atoms with van der Waals surface area (Å²) >= 11 is 0. The van der Waals surface area contributed by atoms with Gasteiger partial charge in [-0.05, 0) is 27.2 Å². The molecule has 0 atom stereocenters. The minimum atomic E-state index is -0.856. The highest BCUT2D eigenvalue weighted by molar-refractivity contribution is 5.76. The van der Waals surface area contributed by atoms with E-state index in [0.717, 1.165) is 0 Å². The molecule has 0 aliphatic carbocycles. The van der Waals surface area contributed by atoms with Gasteiger partial charge in [0, 0.05) is 12.0 Å². The molecule has 0 saturated carbocycles. The first kappa shape index (κ1) is 14.0. The first-order valence-electron chi connectivity index (χ1n) is 4.83. The van der Waals surface area contributed by atoms with E-state index in [1.807, 2.05) is 0 Å². The molecule has 4 N–H and O–H groups in total. The molecule has 0 spiro atoms. The minimum absolute atomic E-state index is 0.00589. The van der Waals surface area contributed by atoms with Gasteiger partial charge in [-0.15, -0.1) is 0 Å². The predicted molar refractivity (Wildman–Crippen MR) is 58.1 cm³/mol. The topological polar surface area (TPSA) is 61.9 Å². The number of halogens is 2. The molecule has 15 heavy (non-hydrogen) atoms. The number of nitrogens with one attached hydrogen (secondary N) is 2. The molecule has 88 valence electrons. The van der Waals surface area contributed by atoms with Crippen molar-refractivity contribution in [1.29, 1.82) is 5.41 Å². The van der Waals surface area contributed by atoms with Gasteiger partial charge in [-0.2, -0.15) is 0 Å². The zero-order chi connectivity index (χ0) is 12.1. The smallest absolute Gasteiger partial charge is 0.150 e. The fourth-order valence-electron chi connectivity index (χ4n) is 0.874. The molecule has 0 saturated heterocycles. The van der Waals surface area contributed by atoms with Crippen molar-refractivity contribution in [1.82, 2.24) is 5.32 Å². The van der Waals surface area contributed by atoms with Crippen molar-refractivity contribution < 1.29 is 8.78 Å². The normalized spacial score (nSPS) is 13.5. The third-order valence-corrected chi connectivity index (χ3v) is 1.79. The molecule has 0 aliphatic rings. The number of amidine groups is 1. The van der Waals surface area contributed by atoms with Crippen molar-refractivity contribution in [3.05, 3.63) is 11.7 Å². The monoisotopic (exact) mass is 219 g/mol. The Morgan fingerprint density at radius 2 is 1.87 bits per heavy atom. The van der Waals surface area contributed by atoms with Crippen LogP contribution in [-0.4, -0.2) is 17.9 Å². The summed E-state index contributed by atoms with van der Waals surface area (Å²) < 4.78 is 26.2. The van der Waals surface area contributed by atoms with Gasteiger partial charge >= 0.3 is 0 Å². The zero-order valence-corrected chi connectivity index (χ0v) is 9.45. The lowest BCUT2D eigenvalue weighted by Crippen LogP contribution is -2.31. The summed E-state index contributed by atoms with van der Waals surface area (Å²) in [4.78, 5) is 0. The van der Waals surface area contributed by atoms with Crippen molar-refractivity contribution in [2.24, 2.45) is 5.73 Å². The Bertz CT molecular complexity index is 254. The third-order valence-electron chi connectivity index (χ3n) is 1.79. The number of hydrogen-bond acceptors (Lipinski definition) is 2. The summed E-state index contributed by atoms with van der Waals surface area (Å²) in [5.41, 5.74) is 5.15. The van der Waals surface area contributed by atoms with E-state index in [4.69, 9.17) is 11.1 Å². The van der Waals surface area contributed by atoms with Crippen LogP contribution in [0.4, 0.5) is 8.78 Å². The number of hydrogen-bond donors (Lipinski definition) is 3. The Morgan fingerprint density at radius 3 is 2.27 bits per heavy atom. The van der Waals surface area contributed by atoms with Crippen LogP contribution in [0.5, 0.6) is 0 Å². The van der Waals surface area contributed by atoms with Crippen LogP contribution in [0, 0.1) is 5.41 Å². The molecule has 5 heteroatoms. The predicted octanol–water partition coefficient (Wildman–Crippen LogP) is 2.24.